The van der Waals surface area contributed by atoms with Crippen molar-refractivity contribution in [3.05, 3.63) is 47.4 Å². The fourth-order valence-corrected chi connectivity index (χ4v) is 4.25. The minimum atomic E-state index is -0.139. The predicted molar refractivity (Wildman–Crippen MR) is 105 cm³/mol. The summed E-state index contributed by atoms with van der Waals surface area (Å²) < 4.78 is 0. The molecule has 7 nitrogen and oxygen atoms in total. The van der Waals surface area contributed by atoms with Gasteiger partial charge in [0.2, 0.25) is 0 Å². The van der Waals surface area contributed by atoms with E-state index >= 15 is 0 Å². The Morgan fingerprint density at radius 1 is 1.26 bits per heavy atom. The first kappa shape index (κ1) is 16.4. The van der Waals surface area contributed by atoms with Crippen LogP contribution in [0.1, 0.15) is 23.2 Å². The lowest BCUT2D eigenvalue weighted by molar-refractivity contribution is 0.0624. The van der Waals surface area contributed by atoms with E-state index < -0.39 is 0 Å². The van der Waals surface area contributed by atoms with Gasteiger partial charge in [-0.3, -0.25) is 4.79 Å². The number of nitrogen functional groups attached to an aromatic ring is 1. The largest absolute Gasteiger partial charge is 0.399 e. The number of halogens is 1. The lowest BCUT2D eigenvalue weighted by Crippen LogP contribution is -2.57. The van der Waals surface area contributed by atoms with E-state index in [1.807, 2.05) is 17.0 Å². The van der Waals surface area contributed by atoms with Crippen LogP contribution >= 0.6 is 11.6 Å². The van der Waals surface area contributed by atoms with Gasteiger partial charge in [-0.25, -0.2) is 9.97 Å². The van der Waals surface area contributed by atoms with Crippen LogP contribution in [0.25, 0.3) is 11.0 Å². The first-order chi connectivity index (χ1) is 13.1. The summed E-state index contributed by atoms with van der Waals surface area (Å²) in [7, 11) is 0. The molecule has 1 aromatic carbocycles. The second-order valence-corrected chi connectivity index (χ2v) is 7.69. The van der Waals surface area contributed by atoms with Crippen LogP contribution < -0.4 is 10.6 Å². The van der Waals surface area contributed by atoms with E-state index in [-0.39, 0.29) is 11.4 Å². The lowest BCUT2D eigenvalue weighted by Gasteiger charge is -2.43. The fourth-order valence-electron chi connectivity index (χ4n) is 4.02. The van der Waals surface area contributed by atoms with Crippen LogP contribution in [0.5, 0.6) is 0 Å². The number of nitrogens with one attached hydrogen (secondary N) is 1. The van der Waals surface area contributed by atoms with Crippen molar-refractivity contribution in [2.45, 2.75) is 18.4 Å². The number of fused-ring (bicyclic) bond motifs is 1. The van der Waals surface area contributed by atoms with Crippen LogP contribution in [0.3, 0.4) is 0 Å². The van der Waals surface area contributed by atoms with Gasteiger partial charge in [0.1, 0.15) is 17.8 Å². The van der Waals surface area contributed by atoms with Crippen LogP contribution in [0.15, 0.2) is 36.8 Å². The van der Waals surface area contributed by atoms with Gasteiger partial charge in [-0.1, -0.05) is 17.7 Å². The maximum absolute atomic E-state index is 13.1. The maximum Gasteiger partial charge on any atom is 0.254 e. The number of hydrogen-bond acceptors (Lipinski definition) is 5. The van der Waals surface area contributed by atoms with Gasteiger partial charge in [-0.2, -0.15) is 0 Å². The molecule has 27 heavy (non-hydrogen) atoms. The van der Waals surface area contributed by atoms with Crippen LogP contribution in [0, 0.1) is 0 Å². The molecule has 138 valence electrons. The SMILES string of the molecule is Nc1cccc(C(=O)N2CCN(c3ncnc4[nH]cc(Cl)c34)CC23CC3)c1. The van der Waals surface area contributed by atoms with Crippen molar-refractivity contribution in [1.82, 2.24) is 19.9 Å². The number of anilines is 2. The molecule has 1 saturated heterocycles. The molecule has 1 aliphatic heterocycles. The highest BCUT2D eigenvalue weighted by molar-refractivity contribution is 6.36. The van der Waals surface area contributed by atoms with Gasteiger partial charge in [0.15, 0.2) is 0 Å². The minimum Gasteiger partial charge on any atom is -0.399 e. The number of piperazine rings is 1. The number of nitrogens with two attached hydrogens (primary N) is 1. The average molecular weight is 383 g/mol. The van der Waals surface area contributed by atoms with Crippen LogP contribution in [0.4, 0.5) is 11.5 Å². The van der Waals surface area contributed by atoms with Crippen molar-refractivity contribution in [2.75, 3.05) is 30.3 Å². The van der Waals surface area contributed by atoms with E-state index in [4.69, 9.17) is 17.3 Å². The number of carbonyl (C=O) groups excluding carboxylic acids is 1. The van der Waals surface area contributed by atoms with E-state index in [1.165, 1.54) is 0 Å². The third kappa shape index (κ3) is 2.61. The Bertz CT molecular complexity index is 1040. The highest BCUT2D eigenvalue weighted by Crippen LogP contribution is 2.46. The Morgan fingerprint density at radius 2 is 2.11 bits per heavy atom. The van der Waals surface area contributed by atoms with Gasteiger partial charge in [-0.05, 0) is 31.0 Å². The number of aromatic nitrogens is 3. The molecule has 0 radical (unpaired) electrons. The van der Waals surface area contributed by atoms with E-state index in [0.717, 1.165) is 36.2 Å². The summed E-state index contributed by atoms with van der Waals surface area (Å²) >= 11 is 6.34. The zero-order chi connectivity index (χ0) is 18.6. The average Bonchev–Trinajstić information content (AvgIpc) is 3.33. The van der Waals surface area contributed by atoms with Crippen LogP contribution in [0.2, 0.25) is 5.02 Å². The number of aromatic amines is 1. The number of rotatable bonds is 2. The molecule has 3 N–H and O–H groups in total. The molecule has 2 fully saturated rings. The van der Waals surface area contributed by atoms with Crippen molar-refractivity contribution in [2.24, 2.45) is 0 Å². The molecule has 1 spiro atoms. The van der Waals surface area contributed by atoms with Crippen molar-refractivity contribution in [1.29, 1.82) is 0 Å². The van der Waals surface area contributed by atoms with Gasteiger partial charge < -0.3 is 20.5 Å². The van der Waals surface area contributed by atoms with Crippen LogP contribution in [-0.4, -0.2) is 50.9 Å². The van der Waals surface area contributed by atoms with Gasteiger partial charge in [0.25, 0.3) is 5.91 Å². The monoisotopic (exact) mass is 382 g/mol. The molecule has 1 amide bonds. The molecule has 5 rings (SSSR count). The summed E-state index contributed by atoms with van der Waals surface area (Å²) in [5.74, 6) is 0.876. The van der Waals surface area contributed by atoms with E-state index in [0.29, 0.717) is 29.4 Å². The van der Waals surface area contributed by atoms with Crippen molar-refractivity contribution < 1.29 is 4.79 Å². The molecule has 3 heterocycles. The Labute approximate surface area is 161 Å². The number of nitrogens with zero attached hydrogens (tertiary/aromatic N) is 4. The van der Waals surface area contributed by atoms with E-state index in [2.05, 4.69) is 19.9 Å². The Kier molecular flexibility index (Phi) is 3.55. The second kappa shape index (κ2) is 5.85. The summed E-state index contributed by atoms with van der Waals surface area (Å²) in [6, 6.07) is 7.19. The van der Waals surface area contributed by atoms with Crippen molar-refractivity contribution in [3.63, 3.8) is 0 Å². The van der Waals surface area contributed by atoms with Gasteiger partial charge >= 0.3 is 0 Å². The van der Waals surface area contributed by atoms with Gasteiger partial charge in [0.05, 0.1) is 15.9 Å². The number of amides is 1. The number of hydrogen-bond donors (Lipinski definition) is 2. The zero-order valence-corrected chi connectivity index (χ0v) is 15.4. The maximum atomic E-state index is 13.1. The van der Waals surface area contributed by atoms with Gasteiger partial charge in [-0.15, -0.1) is 0 Å². The summed E-state index contributed by atoms with van der Waals surface area (Å²) in [4.78, 5) is 29.1. The molecular weight excluding hydrogens is 364 g/mol. The summed E-state index contributed by atoms with van der Waals surface area (Å²) in [5.41, 5.74) is 7.70. The topological polar surface area (TPSA) is 91.1 Å². The van der Waals surface area contributed by atoms with E-state index in [1.54, 1.807) is 24.7 Å². The Balaban J connectivity index is 1.44. The summed E-state index contributed by atoms with van der Waals surface area (Å²) in [6.07, 6.45) is 5.27. The number of H-pyrrole nitrogens is 1. The molecule has 8 heteroatoms. The highest BCUT2D eigenvalue weighted by Gasteiger charge is 2.53. The Morgan fingerprint density at radius 3 is 2.89 bits per heavy atom. The van der Waals surface area contributed by atoms with Crippen molar-refractivity contribution in [3.8, 4) is 0 Å². The molecule has 3 aromatic rings. The van der Waals surface area contributed by atoms with Crippen LogP contribution in [-0.2, 0) is 0 Å². The molecule has 2 aliphatic rings. The molecule has 0 bridgehead atoms. The molecular formula is C19H19ClN6O. The fraction of sp³-hybridized carbons (Fsp3) is 0.316. The lowest BCUT2D eigenvalue weighted by atomic mass is 10.1. The van der Waals surface area contributed by atoms with Gasteiger partial charge in [0, 0.05) is 37.1 Å². The third-order valence-electron chi connectivity index (χ3n) is 5.56. The first-order valence-electron chi connectivity index (χ1n) is 8.97. The first-order valence-corrected chi connectivity index (χ1v) is 9.35. The summed E-state index contributed by atoms with van der Waals surface area (Å²) in [6.45, 7) is 2.08. The smallest absolute Gasteiger partial charge is 0.254 e. The van der Waals surface area contributed by atoms with E-state index in [9.17, 15) is 4.79 Å². The molecule has 1 saturated carbocycles. The minimum absolute atomic E-state index is 0.0481. The zero-order valence-electron chi connectivity index (χ0n) is 14.7. The number of benzene rings is 1. The van der Waals surface area contributed by atoms with Crippen molar-refractivity contribution >= 4 is 40.0 Å². The normalized spacial score (nSPS) is 18.3. The second-order valence-electron chi connectivity index (χ2n) is 7.29. The molecule has 0 atom stereocenters. The third-order valence-corrected chi connectivity index (χ3v) is 5.86. The molecule has 2 aromatic heterocycles. The molecule has 0 unspecified atom stereocenters. The predicted octanol–water partition coefficient (Wildman–Crippen LogP) is 2.69. The highest BCUT2D eigenvalue weighted by atomic mass is 35.5. The summed E-state index contributed by atoms with van der Waals surface area (Å²) in [5, 5.41) is 1.45. The Hall–Kier alpha value is -2.80. The number of carbonyl (C=O) groups is 1. The molecule has 1 aliphatic carbocycles. The standard InChI is InChI=1S/C19H19ClN6O/c20-14-9-22-16-15(14)17(24-11-23-16)25-6-7-26(19(10-25)4-5-19)18(27)12-2-1-3-13(21)8-12/h1-3,8-9,11H,4-7,10,21H2,(H,22,23,24). The quantitative estimate of drug-likeness (QED) is 0.665.